The van der Waals surface area contributed by atoms with E-state index in [0.29, 0.717) is 23.0 Å². The van der Waals surface area contributed by atoms with Gasteiger partial charge in [-0.15, -0.1) is 0 Å². The van der Waals surface area contributed by atoms with Crippen LogP contribution in [0.15, 0.2) is 66.7 Å². The van der Waals surface area contributed by atoms with Gasteiger partial charge >= 0.3 is 0 Å². The van der Waals surface area contributed by atoms with Crippen LogP contribution in [0.5, 0.6) is 5.75 Å². The van der Waals surface area contributed by atoms with Gasteiger partial charge in [-0.1, -0.05) is 59.6 Å². The minimum absolute atomic E-state index is 0.00219. The van der Waals surface area contributed by atoms with Gasteiger partial charge in [-0.2, -0.15) is 0 Å². The van der Waals surface area contributed by atoms with Crippen molar-refractivity contribution >= 4 is 45.9 Å². The lowest BCUT2D eigenvalue weighted by Gasteiger charge is -2.47. The number of aromatic amines is 1. The molecule has 2 aliphatic heterocycles. The molecule has 2 aliphatic rings. The van der Waals surface area contributed by atoms with Gasteiger partial charge in [-0.05, 0) is 47.0 Å². The number of piperazine rings is 1. The summed E-state index contributed by atoms with van der Waals surface area (Å²) in [4.78, 5) is 34.4. The van der Waals surface area contributed by atoms with Crippen LogP contribution in [0.1, 0.15) is 28.4 Å². The highest BCUT2D eigenvalue weighted by Crippen LogP contribution is 2.43. The maximum absolute atomic E-state index is 13.8. The molecule has 182 valence electrons. The number of hydrogen-bond acceptors (Lipinski definition) is 3. The number of para-hydroxylation sites is 1. The molecular formula is C28H23Cl2N3O3. The first-order valence-electron chi connectivity index (χ1n) is 11.7. The lowest BCUT2D eigenvalue weighted by Crippen LogP contribution is -2.62. The number of H-pyrrole nitrogens is 1. The van der Waals surface area contributed by atoms with Gasteiger partial charge in [-0.3, -0.25) is 9.59 Å². The fraction of sp³-hybridized carbons (Fsp3) is 0.214. The molecule has 4 aromatic rings. The molecule has 1 saturated heterocycles. The molecule has 1 fully saturated rings. The van der Waals surface area contributed by atoms with Crippen LogP contribution >= 0.6 is 23.2 Å². The monoisotopic (exact) mass is 519 g/mol. The normalized spacial score (nSPS) is 19.4. The highest BCUT2D eigenvalue weighted by molar-refractivity contribution is 6.42. The van der Waals surface area contributed by atoms with Crippen molar-refractivity contribution in [3.63, 3.8) is 0 Å². The van der Waals surface area contributed by atoms with Crippen LogP contribution in [0, 0.1) is 0 Å². The third-order valence-corrected chi connectivity index (χ3v) is 7.87. The average molecular weight is 520 g/mol. The quantitative estimate of drug-likeness (QED) is 0.394. The molecule has 0 bridgehead atoms. The standard InChI is InChI=1S/C28H23Cl2N3O3/c1-36-18-9-7-17(8-10-18)27-26-20(19-4-2-3-5-23(19)31-26)13-24-28(35)32(15-25(34)33(24)27)14-16-6-11-21(29)22(30)12-16/h2-12,24,27,31H,13-15H2,1H3. The van der Waals surface area contributed by atoms with Crippen LogP contribution in [0.4, 0.5) is 0 Å². The zero-order chi connectivity index (χ0) is 25.0. The summed E-state index contributed by atoms with van der Waals surface area (Å²) in [7, 11) is 1.62. The van der Waals surface area contributed by atoms with Crippen molar-refractivity contribution in [2.75, 3.05) is 13.7 Å². The first-order chi connectivity index (χ1) is 17.4. The summed E-state index contributed by atoms with van der Waals surface area (Å²) in [5, 5.41) is 1.95. The number of aromatic nitrogens is 1. The number of amides is 2. The zero-order valence-electron chi connectivity index (χ0n) is 19.5. The fourth-order valence-corrected chi connectivity index (χ4v) is 5.77. The molecule has 36 heavy (non-hydrogen) atoms. The predicted octanol–water partition coefficient (Wildman–Crippen LogP) is 5.37. The van der Waals surface area contributed by atoms with E-state index < -0.39 is 12.1 Å². The Kier molecular flexibility index (Phi) is 5.66. The molecule has 0 saturated carbocycles. The Hall–Kier alpha value is -3.48. The lowest BCUT2D eigenvalue weighted by atomic mass is 9.86. The first-order valence-corrected chi connectivity index (χ1v) is 12.5. The van der Waals surface area contributed by atoms with Gasteiger partial charge in [0.1, 0.15) is 18.3 Å². The van der Waals surface area contributed by atoms with Gasteiger partial charge < -0.3 is 19.5 Å². The summed E-state index contributed by atoms with van der Waals surface area (Å²) in [6, 6.07) is 20.0. The number of nitrogens with zero attached hydrogens (tertiary/aromatic N) is 2. The minimum Gasteiger partial charge on any atom is -0.497 e. The largest absolute Gasteiger partial charge is 0.497 e. The van der Waals surface area contributed by atoms with Crippen molar-refractivity contribution in [1.29, 1.82) is 0 Å². The van der Waals surface area contributed by atoms with Gasteiger partial charge in [0.15, 0.2) is 0 Å². The Morgan fingerprint density at radius 1 is 1.00 bits per heavy atom. The van der Waals surface area contributed by atoms with Crippen LogP contribution < -0.4 is 4.74 Å². The van der Waals surface area contributed by atoms with Crippen molar-refractivity contribution in [3.8, 4) is 5.75 Å². The SMILES string of the molecule is COc1ccc(C2c3[nH]c4ccccc4c3CC3C(=O)N(Cc4ccc(Cl)c(Cl)c4)CC(=O)N32)cc1. The Labute approximate surface area is 218 Å². The van der Waals surface area contributed by atoms with Gasteiger partial charge in [0, 0.05) is 29.6 Å². The molecule has 3 heterocycles. The van der Waals surface area contributed by atoms with E-state index in [-0.39, 0.29) is 18.4 Å². The molecule has 8 heteroatoms. The number of carbonyl (C=O) groups is 2. The molecule has 2 amide bonds. The highest BCUT2D eigenvalue weighted by Gasteiger charge is 2.48. The summed E-state index contributed by atoms with van der Waals surface area (Å²) >= 11 is 12.3. The van der Waals surface area contributed by atoms with Gasteiger partial charge in [0.2, 0.25) is 11.8 Å². The molecule has 2 atom stereocenters. The van der Waals surface area contributed by atoms with Crippen molar-refractivity contribution in [1.82, 2.24) is 14.8 Å². The van der Waals surface area contributed by atoms with E-state index in [4.69, 9.17) is 27.9 Å². The molecule has 0 aliphatic carbocycles. The number of methoxy groups -OCH3 is 1. The van der Waals surface area contributed by atoms with Crippen LogP contribution in [-0.4, -0.2) is 46.3 Å². The van der Waals surface area contributed by atoms with Crippen molar-refractivity contribution in [2.24, 2.45) is 0 Å². The second-order valence-electron chi connectivity index (χ2n) is 9.20. The lowest BCUT2D eigenvalue weighted by molar-refractivity contribution is -0.159. The Morgan fingerprint density at radius 2 is 1.78 bits per heavy atom. The van der Waals surface area contributed by atoms with E-state index in [1.54, 1.807) is 29.0 Å². The molecule has 6 nitrogen and oxygen atoms in total. The summed E-state index contributed by atoms with van der Waals surface area (Å²) in [5.74, 6) is 0.566. The molecule has 2 unspecified atom stereocenters. The van der Waals surface area contributed by atoms with E-state index in [2.05, 4.69) is 11.1 Å². The molecule has 1 aromatic heterocycles. The van der Waals surface area contributed by atoms with Crippen LogP contribution in [-0.2, 0) is 22.6 Å². The van der Waals surface area contributed by atoms with Crippen molar-refractivity contribution in [2.45, 2.75) is 25.0 Å². The Balaban J connectivity index is 1.43. The van der Waals surface area contributed by atoms with Crippen LogP contribution in [0.25, 0.3) is 10.9 Å². The average Bonchev–Trinajstić information content (AvgIpc) is 3.26. The maximum atomic E-state index is 13.8. The molecule has 3 aromatic carbocycles. The molecule has 0 spiro atoms. The predicted molar refractivity (Wildman–Crippen MR) is 139 cm³/mol. The number of halogens is 2. The molecular weight excluding hydrogens is 497 g/mol. The highest BCUT2D eigenvalue weighted by atomic mass is 35.5. The topological polar surface area (TPSA) is 65.6 Å². The van der Waals surface area contributed by atoms with Crippen molar-refractivity contribution in [3.05, 3.63) is 99.2 Å². The van der Waals surface area contributed by atoms with Crippen LogP contribution in [0.2, 0.25) is 10.0 Å². The third-order valence-electron chi connectivity index (χ3n) is 7.13. The summed E-state index contributed by atoms with van der Waals surface area (Å²) in [5.41, 5.74) is 4.78. The van der Waals surface area contributed by atoms with Crippen molar-refractivity contribution < 1.29 is 14.3 Å². The molecule has 1 N–H and O–H groups in total. The minimum atomic E-state index is -0.604. The Morgan fingerprint density at radius 3 is 2.53 bits per heavy atom. The second kappa shape index (κ2) is 8.87. The van der Waals surface area contributed by atoms with E-state index in [1.165, 1.54) is 0 Å². The number of benzene rings is 3. The summed E-state index contributed by atoms with van der Waals surface area (Å²) in [6.45, 7) is 0.289. The number of ether oxygens (including phenoxy) is 1. The number of fused-ring (bicyclic) bond motifs is 4. The molecule has 0 radical (unpaired) electrons. The summed E-state index contributed by atoms with van der Waals surface area (Å²) in [6.07, 6.45) is 0.453. The van der Waals surface area contributed by atoms with Gasteiger partial charge in [-0.25, -0.2) is 0 Å². The number of rotatable bonds is 4. The van der Waals surface area contributed by atoms with Gasteiger partial charge in [0.25, 0.3) is 0 Å². The summed E-state index contributed by atoms with van der Waals surface area (Å²) < 4.78 is 5.34. The first kappa shape index (κ1) is 23.0. The number of carbonyl (C=O) groups excluding carboxylic acids is 2. The molecule has 6 rings (SSSR count). The van der Waals surface area contributed by atoms with E-state index in [9.17, 15) is 9.59 Å². The smallest absolute Gasteiger partial charge is 0.246 e. The third kappa shape index (κ3) is 3.72. The maximum Gasteiger partial charge on any atom is 0.246 e. The number of nitrogens with one attached hydrogen (secondary N) is 1. The van der Waals surface area contributed by atoms with Crippen LogP contribution in [0.3, 0.4) is 0 Å². The second-order valence-corrected chi connectivity index (χ2v) is 10.0. The Bertz CT molecular complexity index is 1500. The van der Waals surface area contributed by atoms with E-state index >= 15 is 0 Å². The number of hydrogen-bond donors (Lipinski definition) is 1. The zero-order valence-corrected chi connectivity index (χ0v) is 21.0. The van der Waals surface area contributed by atoms with Gasteiger partial charge in [0.05, 0.1) is 23.2 Å². The van der Waals surface area contributed by atoms with E-state index in [0.717, 1.165) is 39.0 Å². The fourth-order valence-electron chi connectivity index (χ4n) is 5.45. The van der Waals surface area contributed by atoms with E-state index in [1.807, 2.05) is 48.5 Å².